The highest BCUT2D eigenvalue weighted by Gasteiger charge is 2.14. The molecule has 0 bridgehead atoms. The van der Waals surface area contributed by atoms with Crippen LogP contribution in [0.2, 0.25) is 0 Å². The lowest BCUT2D eigenvalue weighted by Gasteiger charge is -2.19. The Bertz CT molecular complexity index is 1210. The standard InChI is InChI=1S/C27H30N4O2/c1-27(2,3)21-11-13-22(14-12-21)33-17-7-16-31-24-10-5-4-9-23(24)30-25(31)19-29-26(32)20-8-6-15-28-18-20/h4-6,8-15,18H,7,16-17,19H2,1-3H3,(H,29,32). The average molecular weight is 443 g/mol. The topological polar surface area (TPSA) is 69.0 Å². The van der Waals surface area contributed by atoms with E-state index in [4.69, 9.17) is 9.72 Å². The summed E-state index contributed by atoms with van der Waals surface area (Å²) in [6.07, 6.45) is 4.03. The lowest BCUT2D eigenvalue weighted by atomic mass is 9.87. The van der Waals surface area contributed by atoms with Gasteiger partial charge in [0.15, 0.2) is 0 Å². The number of nitrogens with one attached hydrogen (secondary N) is 1. The maximum atomic E-state index is 12.4. The number of imidazole rings is 1. The van der Waals surface area contributed by atoms with Crippen LogP contribution in [0.5, 0.6) is 5.75 Å². The second kappa shape index (κ2) is 9.86. The number of carbonyl (C=O) groups is 1. The lowest BCUT2D eigenvalue weighted by molar-refractivity contribution is 0.0949. The number of ether oxygens (including phenoxy) is 1. The number of aromatic nitrogens is 3. The maximum absolute atomic E-state index is 12.4. The molecule has 0 aliphatic heterocycles. The van der Waals surface area contributed by atoms with E-state index in [1.807, 2.05) is 30.3 Å². The van der Waals surface area contributed by atoms with Gasteiger partial charge in [-0.3, -0.25) is 9.78 Å². The van der Waals surface area contributed by atoms with Crippen LogP contribution in [-0.4, -0.2) is 27.0 Å². The van der Waals surface area contributed by atoms with Crippen LogP contribution in [-0.2, 0) is 18.5 Å². The first kappa shape index (κ1) is 22.5. The summed E-state index contributed by atoms with van der Waals surface area (Å²) >= 11 is 0. The van der Waals surface area contributed by atoms with Crippen molar-refractivity contribution >= 4 is 16.9 Å². The van der Waals surface area contributed by atoms with Crippen LogP contribution in [0.15, 0.2) is 73.1 Å². The van der Waals surface area contributed by atoms with E-state index in [1.54, 1.807) is 24.5 Å². The molecule has 33 heavy (non-hydrogen) atoms. The minimum Gasteiger partial charge on any atom is -0.494 e. The molecule has 0 aliphatic rings. The van der Waals surface area contributed by atoms with Crippen molar-refractivity contribution in [2.24, 2.45) is 0 Å². The molecule has 0 unspecified atom stereocenters. The molecule has 0 spiro atoms. The Morgan fingerprint density at radius 1 is 1.03 bits per heavy atom. The van der Waals surface area contributed by atoms with E-state index < -0.39 is 0 Å². The van der Waals surface area contributed by atoms with Crippen molar-refractivity contribution in [1.29, 1.82) is 0 Å². The SMILES string of the molecule is CC(C)(C)c1ccc(OCCCn2c(CNC(=O)c3cccnc3)nc3ccccc32)cc1. The van der Waals surface area contributed by atoms with Gasteiger partial charge in [0, 0.05) is 18.9 Å². The molecule has 0 saturated carbocycles. The third-order valence-corrected chi connectivity index (χ3v) is 5.58. The third kappa shape index (κ3) is 5.58. The number of nitrogens with zero attached hydrogens (tertiary/aromatic N) is 3. The van der Waals surface area contributed by atoms with Crippen molar-refractivity contribution in [2.45, 2.75) is 45.7 Å². The number of hydrogen-bond acceptors (Lipinski definition) is 4. The molecule has 2 heterocycles. The fraction of sp³-hybridized carbons (Fsp3) is 0.296. The van der Waals surface area contributed by atoms with Crippen LogP contribution in [0, 0.1) is 0 Å². The van der Waals surface area contributed by atoms with Crippen LogP contribution < -0.4 is 10.1 Å². The van der Waals surface area contributed by atoms with Crippen LogP contribution in [0.4, 0.5) is 0 Å². The summed E-state index contributed by atoms with van der Waals surface area (Å²) < 4.78 is 8.13. The zero-order chi connectivity index (χ0) is 23.3. The van der Waals surface area contributed by atoms with E-state index >= 15 is 0 Å². The summed E-state index contributed by atoms with van der Waals surface area (Å²) in [4.78, 5) is 21.2. The molecule has 0 aliphatic carbocycles. The molecule has 2 aromatic heterocycles. The van der Waals surface area contributed by atoms with Gasteiger partial charge in [-0.1, -0.05) is 45.0 Å². The normalized spacial score (nSPS) is 11.5. The number of benzene rings is 2. The number of fused-ring (bicyclic) bond motifs is 1. The van der Waals surface area contributed by atoms with Gasteiger partial charge in [-0.15, -0.1) is 0 Å². The van der Waals surface area contributed by atoms with E-state index in [-0.39, 0.29) is 11.3 Å². The monoisotopic (exact) mass is 442 g/mol. The highest BCUT2D eigenvalue weighted by Crippen LogP contribution is 2.24. The smallest absolute Gasteiger partial charge is 0.253 e. The molecule has 0 fully saturated rings. The minimum absolute atomic E-state index is 0.129. The van der Waals surface area contributed by atoms with Crippen molar-refractivity contribution in [2.75, 3.05) is 6.61 Å². The summed E-state index contributed by atoms with van der Waals surface area (Å²) in [6.45, 7) is 8.30. The van der Waals surface area contributed by atoms with Crippen LogP contribution in [0.3, 0.4) is 0 Å². The lowest BCUT2D eigenvalue weighted by Crippen LogP contribution is -2.25. The van der Waals surface area contributed by atoms with Crippen LogP contribution in [0.1, 0.15) is 48.9 Å². The van der Waals surface area contributed by atoms with E-state index in [1.165, 1.54) is 5.56 Å². The van der Waals surface area contributed by atoms with Gasteiger partial charge in [-0.2, -0.15) is 0 Å². The number of carbonyl (C=O) groups excluding carboxylic acids is 1. The van der Waals surface area contributed by atoms with Gasteiger partial charge in [-0.25, -0.2) is 4.98 Å². The van der Waals surface area contributed by atoms with Crippen molar-refractivity contribution in [3.8, 4) is 5.75 Å². The van der Waals surface area contributed by atoms with Gasteiger partial charge >= 0.3 is 0 Å². The van der Waals surface area contributed by atoms with Gasteiger partial charge in [0.1, 0.15) is 11.6 Å². The third-order valence-electron chi connectivity index (χ3n) is 5.58. The molecule has 6 heteroatoms. The molecule has 2 aromatic carbocycles. The van der Waals surface area contributed by atoms with E-state index in [9.17, 15) is 4.79 Å². The predicted molar refractivity (Wildman–Crippen MR) is 130 cm³/mol. The highest BCUT2D eigenvalue weighted by atomic mass is 16.5. The van der Waals surface area contributed by atoms with Crippen molar-refractivity contribution in [3.05, 3.63) is 90.0 Å². The summed E-state index contributed by atoms with van der Waals surface area (Å²) in [7, 11) is 0. The van der Waals surface area contributed by atoms with Crippen molar-refractivity contribution < 1.29 is 9.53 Å². The molecule has 170 valence electrons. The van der Waals surface area contributed by atoms with Crippen molar-refractivity contribution in [3.63, 3.8) is 0 Å². The zero-order valence-corrected chi connectivity index (χ0v) is 19.4. The van der Waals surface area contributed by atoms with Crippen LogP contribution >= 0.6 is 0 Å². The molecule has 4 aromatic rings. The quantitative estimate of drug-likeness (QED) is 0.384. The fourth-order valence-corrected chi connectivity index (χ4v) is 3.73. The Kier molecular flexibility index (Phi) is 6.73. The molecule has 1 amide bonds. The number of aryl methyl sites for hydroxylation is 1. The predicted octanol–water partition coefficient (Wildman–Crippen LogP) is 5.13. The molecule has 4 rings (SSSR count). The van der Waals surface area contributed by atoms with Gasteiger partial charge in [0.25, 0.3) is 5.91 Å². The first-order valence-electron chi connectivity index (χ1n) is 11.3. The Morgan fingerprint density at radius 3 is 2.55 bits per heavy atom. The minimum atomic E-state index is -0.163. The largest absolute Gasteiger partial charge is 0.494 e. The Balaban J connectivity index is 1.39. The highest BCUT2D eigenvalue weighted by molar-refractivity contribution is 5.93. The number of hydrogen-bond donors (Lipinski definition) is 1. The molecule has 1 N–H and O–H groups in total. The fourth-order valence-electron chi connectivity index (χ4n) is 3.73. The van der Waals surface area contributed by atoms with E-state index in [0.29, 0.717) is 18.7 Å². The summed E-state index contributed by atoms with van der Waals surface area (Å²) in [5.74, 6) is 1.54. The second-order valence-corrected chi connectivity index (χ2v) is 9.07. The maximum Gasteiger partial charge on any atom is 0.253 e. The molecular weight excluding hydrogens is 412 g/mol. The van der Waals surface area contributed by atoms with Gasteiger partial charge in [-0.05, 0) is 53.8 Å². The van der Waals surface area contributed by atoms with E-state index in [0.717, 1.165) is 35.6 Å². The molecule has 0 saturated heterocycles. The molecular formula is C27H30N4O2. The van der Waals surface area contributed by atoms with Gasteiger partial charge in [0.2, 0.25) is 0 Å². The first-order chi connectivity index (χ1) is 15.9. The van der Waals surface area contributed by atoms with E-state index in [2.05, 4.69) is 53.8 Å². The Hall–Kier alpha value is -3.67. The number of para-hydroxylation sites is 2. The zero-order valence-electron chi connectivity index (χ0n) is 19.4. The molecule has 0 atom stereocenters. The number of rotatable bonds is 8. The van der Waals surface area contributed by atoms with Crippen molar-refractivity contribution in [1.82, 2.24) is 19.9 Å². The number of pyridine rings is 1. The van der Waals surface area contributed by atoms with Gasteiger partial charge < -0.3 is 14.6 Å². The number of amides is 1. The Morgan fingerprint density at radius 2 is 1.82 bits per heavy atom. The molecule has 0 radical (unpaired) electrons. The van der Waals surface area contributed by atoms with Gasteiger partial charge in [0.05, 0.1) is 29.7 Å². The summed E-state index contributed by atoms with van der Waals surface area (Å²) in [6, 6.07) is 19.8. The second-order valence-electron chi connectivity index (χ2n) is 9.07. The Labute approximate surface area is 194 Å². The summed E-state index contributed by atoms with van der Waals surface area (Å²) in [5.41, 5.74) is 3.92. The molecule has 6 nitrogen and oxygen atoms in total. The average Bonchev–Trinajstić information content (AvgIpc) is 3.18. The van der Waals surface area contributed by atoms with Crippen LogP contribution in [0.25, 0.3) is 11.0 Å². The first-order valence-corrected chi connectivity index (χ1v) is 11.3. The summed E-state index contributed by atoms with van der Waals surface area (Å²) in [5, 5.41) is 2.96.